The fourth-order valence-corrected chi connectivity index (χ4v) is 4.78. The van der Waals surface area contributed by atoms with Crippen LogP contribution in [0.4, 0.5) is 11.6 Å². The minimum Gasteiger partial charge on any atom is -0.374 e. The normalized spacial score (nSPS) is 16.7. The average Bonchev–Trinajstić information content (AvgIpc) is 2.84. The van der Waals surface area contributed by atoms with Crippen molar-refractivity contribution in [2.75, 3.05) is 37.3 Å². The molecule has 2 aliphatic heterocycles. The molecule has 1 fully saturated rings. The summed E-state index contributed by atoms with van der Waals surface area (Å²) in [5.74, 6) is 0.779. The quantitative estimate of drug-likeness (QED) is 0.687. The van der Waals surface area contributed by atoms with Gasteiger partial charge in [0.25, 0.3) is 5.91 Å². The third-order valence-corrected chi connectivity index (χ3v) is 6.67. The van der Waals surface area contributed by atoms with Crippen molar-refractivity contribution in [2.45, 2.75) is 31.6 Å². The molecule has 2 aromatic heterocycles. The molecular formula is C25H28N6O. The van der Waals surface area contributed by atoms with Crippen molar-refractivity contribution in [2.24, 2.45) is 0 Å². The van der Waals surface area contributed by atoms with E-state index >= 15 is 0 Å². The third-order valence-electron chi connectivity index (χ3n) is 6.67. The fraction of sp³-hybridized carbons (Fsp3) is 0.360. The van der Waals surface area contributed by atoms with E-state index in [2.05, 4.69) is 51.2 Å². The highest BCUT2D eigenvalue weighted by Gasteiger charge is 2.26. The highest BCUT2D eigenvalue weighted by Crippen LogP contribution is 2.30. The number of carbonyl (C=O) groups is 1. The Labute approximate surface area is 188 Å². The maximum atomic E-state index is 13.1. The molecule has 0 unspecified atom stereocenters. The Hall–Kier alpha value is -3.48. The number of pyridine rings is 1. The van der Waals surface area contributed by atoms with Gasteiger partial charge in [-0.3, -0.25) is 9.78 Å². The lowest BCUT2D eigenvalue weighted by Crippen LogP contribution is -2.38. The van der Waals surface area contributed by atoms with Gasteiger partial charge in [-0.25, -0.2) is 9.97 Å². The Bertz CT molecular complexity index is 1100. The summed E-state index contributed by atoms with van der Waals surface area (Å²) in [6.45, 7) is 2.60. The summed E-state index contributed by atoms with van der Waals surface area (Å²) in [6, 6.07) is 10.3. The molecule has 0 atom stereocenters. The van der Waals surface area contributed by atoms with Gasteiger partial charge in [0.05, 0.1) is 0 Å². The number of rotatable bonds is 3. The predicted molar refractivity (Wildman–Crippen MR) is 126 cm³/mol. The summed E-state index contributed by atoms with van der Waals surface area (Å²) in [6.07, 6.45) is 9.33. The molecule has 0 radical (unpaired) electrons. The molecule has 0 bridgehead atoms. The van der Waals surface area contributed by atoms with Gasteiger partial charge in [0.2, 0.25) is 5.95 Å². The Morgan fingerprint density at radius 2 is 1.72 bits per heavy atom. The van der Waals surface area contributed by atoms with Crippen molar-refractivity contribution in [3.05, 3.63) is 65.7 Å². The summed E-state index contributed by atoms with van der Waals surface area (Å²) < 4.78 is 0. The number of piperidine rings is 1. The molecule has 5 rings (SSSR count). The van der Waals surface area contributed by atoms with Crippen LogP contribution in [0.25, 0.3) is 11.1 Å². The summed E-state index contributed by atoms with van der Waals surface area (Å²) in [7, 11) is 2.12. The Kier molecular flexibility index (Phi) is 5.47. The zero-order chi connectivity index (χ0) is 22.1. The van der Waals surface area contributed by atoms with Crippen molar-refractivity contribution in [3.63, 3.8) is 0 Å². The van der Waals surface area contributed by atoms with Crippen LogP contribution in [0.1, 0.15) is 46.8 Å². The molecule has 1 amide bonds. The molecule has 32 heavy (non-hydrogen) atoms. The van der Waals surface area contributed by atoms with Gasteiger partial charge < -0.3 is 15.5 Å². The number of benzene rings is 1. The van der Waals surface area contributed by atoms with Gasteiger partial charge in [-0.15, -0.1) is 0 Å². The van der Waals surface area contributed by atoms with Crippen molar-refractivity contribution in [3.8, 4) is 11.1 Å². The second-order valence-corrected chi connectivity index (χ2v) is 8.74. The molecule has 1 aromatic carbocycles. The van der Waals surface area contributed by atoms with E-state index in [0.717, 1.165) is 67.7 Å². The molecule has 0 saturated carbocycles. The van der Waals surface area contributed by atoms with E-state index in [0.29, 0.717) is 5.92 Å². The number of nitrogen functional groups attached to an aromatic ring is 1. The van der Waals surface area contributed by atoms with E-state index in [-0.39, 0.29) is 11.9 Å². The lowest BCUT2D eigenvalue weighted by Gasteiger charge is -2.32. The van der Waals surface area contributed by atoms with Crippen LogP contribution < -0.4 is 10.6 Å². The average molecular weight is 429 g/mol. The molecule has 164 valence electrons. The van der Waals surface area contributed by atoms with Crippen LogP contribution in [-0.4, -0.2) is 52.4 Å². The number of nitrogens with zero attached hydrogens (tertiary/aromatic N) is 5. The number of aryl methyl sites for hydroxylation is 1. The van der Waals surface area contributed by atoms with Crippen LogP contribution in [0.15, 0.2) is 48.9 Å². The van der Waals surface area contributed by atoms with Gasteiger partial charge in [-0.05, 0) is 55.5 Å². The second kappa shape index (κ2) is 8.57. The zero-order valence-electron chi connectivity index (χ0n) is 18.4. The maximum Gasteiger partial charge on any atom is 0.253 e. The number of anilines is 2. The summed E-state index contributed by atoms with van der Waals surface area (Å²) in [4.78, 5) is 30.2. The van der Waals surface area contributed by atoms with Crippen molar-refractivity contribution < 1.29 is 4.79 Å². The van der Waals surface area contributed by atoms with E-state index in [1.807, 2.05) is 17.2 Å². The van der Waals surface area contributed by atoms with Gasteiger partial charge in [-0.1, -0.05) is 6.07 Å². The first-order valence-corrected chi connectivity index (χ1v) is 11.3. The molecule has 7 nitrogen and oxygen atoms in total. The number of hydrogen-bond donors (Lipinski definition) is 1. The smallest absolute Gasteiger partial charge is 0.253 e. The largest absolute Gasteiger partial charge is 0.374 e. The first-order chi connectivity index (χ1) is 15.6. The molecule has 0 spiro atoms. The number of aromatic nitrogens is 3. The number of likely N-dealkylation sites (tertiary alicyclic amines) is 1. The standard InChI is InChI=1S/C25H28N6O/c1-30-10-2-3-18-13-19(5-7-23(18)30)24(32)31-11-8-17(9-12-31)22-6-4-20(14-27-22)21-15-28-25(26)29-16-21/h4-7,13-17H,2-3,8-12H2,1H3,(H2,26,28,29). The van der Waals surface area contributed by atoms with Crippen molar-refractivity contribution in [1.82, 2.24) is 19.9 Å². The first kappa shape index (κ1) is 20.4. The molecule has 4 heterocycles. The zero-order valence-corrected chi connectivity index (χ0v) is 18.4. The van der Waals surface area contributed by atoms with Crippen LogP contribution >= 0.6 is 0 Å². The van der Waals surface area contributed by atoms with Gasteiger partial charge in [-0.2, -0.15) is 0 Å². The summed E-state index contributed by atoms with van der Waals surface area (Å²) in [5.41, 5.74) is 11.9. The van der Waals surface area contributed by atoms with Gasteiger partial charge in [0, 0.05) is 79.3 Å². The van der Waals surface area contributed by atoms with Gasteiger partial charge in [0.1, 0.15) is 0 Å². The Morgan fingerprint density at radius 1 is 0.969 bits per heavy atom. The molecule has 0 aliphatic carbocycles. The first-order valence-electron chi connectivity index (χ1n) is 11.3. The number of fused-ring (bicyclic) bond motifs is 1. The fourth-order valence-electron chi connectivity index (χ4n) is 4.78. The van der Waals surface area contributed by atoms with Gasteiger partial charge >= 0.3 is 0 Å². The van der Waals surface area contributed by atoms with Crippen LogP contribution in [0.5, 0.6) is 0 Å². The highest BCUT2D eigenvalue weighted by atomic mass is 16.2. The minimum absolute atomic E-state index is 0.145. The van der Waals surface area contributed by atoms with Crippen LogP contribution in [-0.2, 0) is 6.42 Å². The number of carbonyl (C=O) groups excluding carboxylic acids is 1. The number of amides is 1. The number of nitrogens with two attached hydrogens (primary N) is 1. The van der Waals surface area contributed by atoms with Crippen molar-refractivity contribution in [1.29, 1.82) is 0 Å². The maximum absolute atomic E-state index is 13.1. The molecule has 3 aromatic rings. The Morgan fingerprint density at radius 3 is 2.44 bits per heavy atom. The van der Waals surface area contributed by atoms with E-state index in [9.17, 15) is 4.79 Å². The number of hydrogen-bond acceptors (Lipinski definition) is 6. The monoisotopic (exact) mass is 428 g/mol. The Balaban J connectivity index is 1.22. The van der Waals surface area contributed by atoms with Crippen LogP contribution in [0, 0.1) is 0 Å². The highest BCUT2D eigenvalue weighted by molar-refractivity contribution is 5.95. The topological polar surface area (TPSA) is 88.2 Å². The molecular weight excluding hydrogens is 400 g/mol. The van der Waals surface area contributed by atoms with Crippen LogP contribution in [0.3, 0.4) is 0 Å². The minimum atomic E-state index is 0.145. The second-order valence-electron chi connectivity index (χ2n) is 8.74. The van der Waals surface area contributed by atoms with E-state index in [4.69, 9.17) is 5.73 Å². The van der Waals surface area contributed by atoms with Gasteiger partial charge in [0.15, 0.2) is 0 Å². The van der Waals surface area contributed by atoms with Crippen molar-refractivity contribution >= 4 is 17.5 Å². The SMILES string of the molecule is CN1CCCc2cc(C(=O)N3CCC(c4ccc(-c5cnc(N)nc5)cn4)CC3)ccc21. The van der Waals surface area contributed by atoms with Crippen LogP contribution in [0.2, 0.25) is 0 Å². The van der Waals surface area contributed by atoms with E-state index in [1.54, 1.807) is 12.4 Å². The molecule has 2 aliphatic rings. The predicted octanol–water partition coefficient (Wildman–Crippen LogP) is 3.52. The van der Waals surface area contributed by atoms with E-state index in [1.165, 1.54) is 11.3 Å². The summed E-state index contributed by atoms with van der Waals surface area (Å²) >= 11 is 0. The molecule has 2 N–H and O–H groups in total. The third kappa shape index (κ3) is 4.02. The molecule has 1 saturated heterocycles. The lowest BCUT2D eigenvalue weighted by molar-refractivity contribution is 0.0712. The lowest BCUT2D eigenvalue weighted by atomic mass is 9.92. The van der Waals surface area contributed by atoms with E-state index < -0.39 is 0 Å². The summed E-state index contributed by atoms with van der Waals surface area (Å²) in [5, 5.41) is 0. The molecule has 7 heteroatoms.